The maximum absolute atomic E-state index is 12.7. The van der Waals surface area contributed by atoms with Crippen molar-refractivity contribution in [2.45, 2.75) is 70.9 Å². The third-order valence-corrected chi connectivity index (χ3v) is 7.24. The Morgan fingerprint density at radius 2 is 1.67 bits per heavy atom. The van der Waals surface area contributed by atoms with E-state index in [1.807, 2.05) is 11.9 Å². The molecule has 0 bridgehead atoms. The molecule has 3 rings (SSSR count). The summed E-state index contributed by atoms with van der Waals surface area (Å²) < 4.78 is 0. The Morgan fingerprint density at radius 3 is 2.33 bits per heavy atom. The molecule has 7 heteroatoms. The van der Waals surface area contributed by atoms with Crippen molar-refractivity contribution in [1.82, 2.24) is 24.9 Å². The molecular weight excluding hydrogens is 376 g/mol. The topological polar surface area (TPSA) is 54.4 Å². The average Bonchev–Trinajstić information content (AvgIpc) is 3.31. The van der Waals surface area contributed by atoms with E-state index in [2.05, 4.69) is 38.9 Å². The molecule has 172 valence electrons. The Morgan fingerprint density at radius 1 is 0.967 bits per heavy atom. The molecule has 0 spiro atoms. The lowest BCUT2D eigenvalue weighted by atomic mass is 10.0. The zero-order valence-corrected chi connectivity index (χ0v) is 19.6. The molecule has 0 aliphatic carbocycles. The first-order valence-electron chi connectivity index (χ1n) is 12.3. The summed E-state index contributed by atoms with van der Waals surface area (Å²) in [6, 6.07) is 0.757. The van der Waals surface area contributed by atoms with Crippen molar-refractivity contribution >= 4 is 11.9 Å². The standard InChI is InChI=1S/C23H44N6O/c1-20-10-4-6-12-26(20)13-7-5-11-25-23(24-3)29-18-16-27(17-19-29)21(2)22(30)28-14-8-9-15-28/h20-21H,4-19H2,1-3H3,(H,24,25). The van der Waals surface area contributed by atoms with Crippen LogP contribution in [0.1, 0.15) is 58.8 Å². The number of aliphatic imine (C=N–C) groups is 1. The van der Waals surface area contributed by atoms with Crippen molar-refractivity contribution in [3.05, 3.63) is 0 Å². The van der Waals surface area contributed by atoms with Crippen LogP contribution >= 0.6 is 0 Å². The fraction of sp³-hybridized carbons (Fsp3) is 0.913. The zero-order chi connectivity index (χ0) is 21.3. The predicted octanol–water partition coefficient (Wildman–Crippen LogP) is 1.84. The van der Waals surface area contributed by atoms with Gasteiger partial charge >= 0.3 is 0 Å². The summed E-state index contributed by atoms with van der Waals surface area (Å²) in [6.45, 7) is 13.5. The van der Waals surface area contributed by atoms with Gasteiger partial charge in [0.2, 0.25) is 5.91 Å². The van der Waals surface area contributed by atoms with E-state index in [1.54, 1.807) is 0 Å². The largest absolute Gasteiger partial charge is 0.356 e. The van der Waals surface area contributed by atoms with Gasteiger partial charge in [-0.05, 0) is 65.5 Å². The van der Waals surface area contributed by atoms with Crippen LogP contribution in [0, 0.1) is 0 Å². The minimum atomic E-state index is -0.00240. The van der Waals surface area contributed by atoms with Crippen LogP contribution in [0.25, 0.3) is 0 Å². The SMILES string of the molecule is CN=C(NCCCCN1CCCCC1C)N1CCN(C(C)C(=O)N2CCCC2)CC1. The Hall–Kier alpha value is -1.34. The molecule has 0 aromatic carbocycles. The van der Waals surface area contributed by atoms with Crippen LogP contribution in [-0.2, 0) is 4.79 Å². The third kappa shape index (κ3) is 6.33. The Kier molecular flexibility index (Phi) is 9.25. The van der Waals surface area contributed by atoms with Crippen LogP contribution in [-0.4, -0.2) is 110 Å². The fourth-order valence-corrected chi connectivity index (χ4v) is 5.14. The fourth-order valence-electron chi connectivity index (χ4n) is 5.14. The molecule has 0 radical (unpaired) electrons. The van der Waals surface area contributed by atoms with Crippen molar-refractivity contribution in [3.63, 3.8) is 0 Å². The van der Waals surface area contributed by atoms with E-state index in [4.69, 9.17) is 0 Å². The number of piperidine rings is 1. The van der Waals surface area contributed by atoms with Crippen LogP contribution in [0.4, 0.5) is 0 Å². The Balaban J connectivity index is 1.33. The molecule has 3 fully saturated rings. The van der Waals surface area contributed by atoms with Crippen molar-refractivity contribution in [2.24, 2.45) is 4.99 Å². The van der Waals surface area contributed by atoms with Crippen molar-refractivity contribution in [2.75, 3.05) is 66.0 Å². The summed E-state index contributed by atoms with van der Waals surface area (Å²) in [5.41, 5.74) is 0. The van der Waals surface area contributed by atoms with Crippen LogP contribution in [0.5, 0.6) is 0 Å². The number of carbonyl (C=O) groups excluding carboxylic acids is 1. The second-order valence-corrected chi connectivity index (χ2v) is 9.29. The molecule has 2 atom stereocenters. The van der Waals surface area contributed by atoms with E-state index in [0.717, 1.165) is 70.7 Å². The lowest BCUT2D eigenvalue weighted by Gasteiger charge is -2.39. The van der Waals surface area contributed by atoms with Crippen LogP contribution in [0.2, 0.25) is 0 Å². The molecule has 1 amide bonds. The van der Waals surface area contributed by atoms with E-state index in [0.29, 0.717) is 5.91 Å². The van der Waals surface area contributed by atoms with Gasteiger partial charge in [-0.3, -0.25) is 14.7 Å². The molecular formula is C23H44N6O. The molecule has 1 N–H and O–H groups in total. The molecule has 0 aromatic heterocycles. The number of piperazine rings is 1. The van der Waals surface area contributed by atoms with E-state index in [1.165, 1.54) is 45.2 Å². The number of nitrogens with zero attached hydrogens (tertiary/aromatic N) is 5. The maximum Gasteiger partial charge on any atom is 0.239 e. The van der Waals surface area contributed by atoms with E-state index in [-0.39, 0.29) is 6.04 Å². The van der Waals surface area contributed by atoms with Gasteiger partial charge < -0.3 is 20.0 Å². The number of nitrogens with one attached hydrogen (secondary N) is 1. The lowest BCUT2D eigenvalue weighted by Crippen LogP contribution is -2.57. The highest BCUT2D eigenvalue weighted by Crippen LogP contribution is 2.17. The first-order chi connectivity index (χ1) is 14.6. The van der Waals surface area contributed by atoms with Gasteiger partial charge in [-0.15, -0.1) is 0 Å². The van der Waals surface area contributed by atoms with Crippen LogP contribution in [0.3, 0.4) is 0 Å². The van der Waals surface area contributed by atoms with Gasteiger partial charge in [-0.2, -0.15) is 0 Å². The van der Waals surface area contributed by atoms with Gasteiger partial charge in [0, 0.05) is 58.9 Å². The number of hydrogen-bond acceptors (Lipinski definition) is 4. The van der Waals surface area contributed by atoms with Crippen molar-refractivity contribution in [1.29, 1.82) is 0 Å². The van der Waals surface area contributed by atoms with Gasteiger partial charge in [0.15, 0.2) is 5.96 Å². The number of guanidine groups is 1. The number of carbonyl (C=O) groups is 1. The van der Waals surface area contributed by atoms with Gasteiger partial charge in [-0.1, -0.05) is 6.42 Å². The van der Waals surface area contributed by atoms with Crippen LogP contribution < -0.4 is 5.32 Å². The number of rotatable bonds is 7. The monoisotopic (exact) mass is 420 g/mol. The second kappa shape index (κ2) is 11.9. The predicted molar refractivity (Wildman–Crippen MR) is 124 cm³/mol. The lowest BCUT2D eigenvalue weighted by molar-refractivity contribution is -0.135. The van der Waals surface area contributed by atoms with E-state index >= 15 is 0 Å². The second-order valence-electron chi connectivity index (χ2n) is 9.29. The summed E-state index contributed by atoms with van der Waals surface area (Å²) >= 11 is 0. The quantitative estimate of drug-likeness (QED) is 0.387. The highest BCUT2D eigenvalue weighted by atomic mass is 16.2. The summed E-state index contributed by atoms with van der Waals surface area (Å²) in [5.74, 6) is 1.32. The third-order valence-electron chi connectivity index (χ3n) is 7.24. The molecule has 2 unspecified atom stereocenters. The first kappa shape index (κ1) is 23.3. The normalized spacial score (nSPS) is 25.6. The molecule has 30 heavy (non-hydrogen) atoms. The Labute approximate surface area is 183 Å². The van der Waals surface area contributed by atoms with Crippen molar-refractivity contribution in [3.8, 4) is 0 Å². The van der Waals surface area contributed by atoms with Gasteiger partial charge in [0.1, 0.15) is 0 Å². The smallest absolute Gasteiger partial charge is 0.239 e. The average molecular weight is 421 g/mol. The minimum absolute atomic E-state index is 0.00240. The maximum atomic E-state index is 12.7. The summed E-state index contributed by atoms with van der Waals surface area (Å²) in [4.78, 5) is 26.6. The molecule has 0 saturated carbocycles. The first-order valence-corrected chi connectivity index (χ1v) is 12.3. The molecule has 3 aliphatic heterocycles. The molecule has 3 aliphatic rings. The summed E-state index contributed by atoms with van der Waals surface area (Å²) in [6.07, 6.45) is 8.87. The zero-order valence-electron chi connectivity index (χ0n) is 19.6. The highest BCUT2D eigenvalue weighted by molar-refractivity contribution is 5.82. The van der Waals surface area contributed by atoms with Crippen LogP contribution in [0.15, 0.2) is 4.99 Å². The minimum Gasteiger partial charge on any atom is -0.356 e. The van der Waals surface area contributed by atoms with E-state index < -0.39 is 0 Å². The molecule has 7 nitrogen and oxygen atoms in total. The van der Waals surface area contributed by atoms with Gasteiger partial charge in [0.05, 0.1) is 6.04 Å². The molecule has 3 heterocycles. The molecule has 3 saturated heterocycles. The van der Waals surface area contributed by atoms with Crippen molar-refractivity contribution < 1.29 is 4.79 Å². The number of unbranched alkanes of at least 4 members (excludes halogenated alkanes) is 1. The number of amides is 1. The van der Waals surface area contributed by atoms with Gasteiger partial charge in [-0.25, -0.2) is 0 Å². The number of likely N-dealkylation sites (tertiary alicyclic amines) is 2. The highest BCUT2D eigenvalue weighted by Gasteiger charge is 2.30. The molecule has 0 aromatic rings. The van der Waals surface area contributed by atoms with Gasteiger partial charge in [0.25, 0.3) is 0 Å². The van der Waals surface area contributed by atoms with E-state index in [9.17, 15) is 4.79 Å². The summed E-state index contributed by atoms with van der Waals surface area (Å²) in [5, 5.41) is 3.56. The number of hydrogen-bond donors (Lipinski definition) is 1. The summed E-state index contributed by atoms with van der Waals surface area (Å²) in [7, 11) is 1.88. The Bertz CT molecular complexity index is 554.